The van der Waals surface area contributed by atoms with Crippen molar-refractivity contribution in [1.29, 1.82) is 0 Å². The molecule has 0 unspecified atom stereocenters. The molecule has 2 fully saturated rings. The largest absolute Gasteiger partial charge is 0.490 e. The van der Waals surface area contributed by atoms with E-state index < -0.39 is 11.4 Å². The molecule has 8 heteroatoms. The summed E-state index contributed by atoms with van der Waals surface area (Å²) in [6.07, 6.45) is 8.75. The van der Waals surface area contributed by atoms with Crippen molar-refractivity contribution >= 4 is 11.9 Å². The van der Waals surface area contributed by atoms with Crippen LogP contribution in [0.4, 0.5) is 9.18 Å². The Morgan fingerprint density at radius 1 is 1.34 bits per heavy atom. The standard InChI is InChI=1S/C24H34FN3O4/c1-2-24(31,19-9-10-20(25)21(15-19)32-16-18-7-8-18)17-26-12-5-3-4-6-13-28-14-11-22(29)27-23(28)30/h4,6,9-10,15,18,26,31H,2-3,5,7-8,11-14,16-17H2,1H3,(H,27,29,30)/b6-4+/t24-/m1/s1. The number of hydrogen-bond donors (Lipinski definition) is 3. The number of hydrogen-bond acceptors (Lipinski definition) is 5. The van der Waals surface area contributed by atoms with Crippen LogP contribution in [-0.2, 0) is 10.4 Å². The fraction of sp³-hybridized carbons (Fsp3) is 0.583. The number of nitrogens with one attached hydrogen (secondary N) is 2. The molecule has 1 atom stereocenters. The van der Waals surface area contributed by atoms with Crippen LogP contribution in [0.1, 0.15) is 51.0 Å². The van der Waals surface area contributed by atoms with E-state index >= 15 is 0 Å². The molecule has 1 saturated carbocycles. The Bertz CT molecular complexity index is 827. The molecule has 32 heavy (non-hydrogen) atoms. The Kier molecular flexibility index (Phi) is 8.64. The highest BCUT2D eigenvalue weighted by Gasteiger charge is 2.28. The van der Waals surface area contributed by atoms with Crippen LogP contribution in [0.5, 0.6) is 5.75 Å². The highest BCUT2D eigenvalue weighted by atomic mass is 19.1. The minimum Gasteiger partial charge on any atom is -0.490 e. The van der Waals surface area contributed by atoms with Crippen LogP contribution in [-0.4, -0.2) is 54.7 Å². The van der Waals surface area contributed by atoms with Gasteiger partial charge in [-0.1, -0.05) is 25.1 Å². The molecule has 1 heterocycles. The number of unbranched alkanes of at least 4 members (excludes halogenated alkanes) is 1. The van der Waals surface area contributed by atoms with Crippen molar-refractivity contribution < 1.29 is 23.8 Å². The molecule has 1 saturated heterocycles. The Balaban J connectivity index is 1.38. The summed E-state index contributed by atoms with van der Waals surface area (Å²) in [6, 6.07) is 4.27. The second-order valence-electron chi connectivity index (χ2n) is 8.62. The van der Waals surface area contributed by atoms with Crippen molar-refractivity contribution in [2.24, 2.45) is 5.92 Å². The quantitative estimate of drug-likeness (QED) is 0.319. The van der Waals surface area contributed by atoms with Gasteiger partial charge < -0.3 is 20.1 Å². The van der Waals surface area contributed by atoms with Crippen molar-refractivity contribution in [3.8, 4) is 5.75 Å². The molecular formula is C24H34FN3O4. The van der Waals surface area contributed by atoms with Crippen LogP contribution in [0.25, 0.3) is 0 Å². The second-order valence-corrected chi connectivity index (χ2v) is 8.62. The predicted octanol–water partition coefficient (Wildman–Crippen LogP) is 3.08. The number of aliphatic hydroxyl groups is 1. The number of ether oxygens (including phenoxy) is 1. The molecule has 1 aliphatic carbocycles. The first kappa shape index (κ1) is 24.2. The van der Waals surface area contributed by atoms with E-state index in [4.69, 9.17) is 4.74 Å². The van der Waals surface area contributed by atoms with Gasteiger partial charge in [0.1, 0.15) is 5.60 Å². The highest BCUT2D eigenvalue weighted by Crippen LogP contribution is 2.32. The lowest BCUT2D eigenvalue weighted by Gasteiger charge is -2.28. The van der Waals surface area contributed by atoms with E-state index in [1.165, 1.54) is 6.07 Å². The van der Waals surface area contributed by atoms with E-state index in [1.54, 1.807) is 17.0 Å². The van der Waals surface area contributed by atoms with Crippen LogP contribution >= 0.6 is 0 Å². The fourth-order valence-corrected chi connectivity index (χ4v) is 3.56. The van der Waals surface area contributed by atoms with Gasteiger partial charge in [0.2, 0.25) is 5.91 Å². The summed E-state index contributed by atoms with van der Waals surface area (Å²) in [5.74, 6) is 0.107. The maximum absolute atomic E-state index is 14.1. The van der Waals surface area contributed by atoms with Crippen LogP contribution in [0.3, 0.4) is 0 Å². The van der Waals surface area contributed by atoms with Crippen LogP contribution in [0, 0.1) is 11.7 Å². The molecule has 0 radical (unpaired) electrons. The number of amides is 3. The summed E-state index contributed by atoms with van der Waals surface area (Å²) < 4.78 is 19.7. The molecule has 1 aliphatic heterocycles. The van der Waals surface area contributed by atoms with Crippen LogP contribution in [0.15, 0.2) is 30.4 Å². The molecule has 3 N–H and O–H groups in total. The number of urea groups is 1. The smallest absolute Gasteiger partial charge is 0.324 e. The van der Waals surface area contributed by atoms with E-state index in [-0.39, 0.29) is 17.7 Å². The summed E-state index contributed by atoms with van der Waals surface area (Å²) in [7, 11) is 0. The maximum atomic E-state index is 14.1. The number of nitrogens with zero attached hydrogens (tertiary/aromatic N) is 1. The van der Waals surface area contributed by atoms with Gasteiger partial charge >= 0.3 is 6.03 Å². The lowest BCUT2D eigenvalue weighted by Crippen LogP contribution is -2.49. The first-order valence-electron chi connectivity index (χ1n) is 11.5. The number of allylic oxidation sites excluding steroid dienone is 1. The van der Waals surface area contributed by atoms with E-state index in [2.05, 4.69) is 10.6 Å². The molecule has 7 nitrogen and oxygen atoms in total. The molecule has 0 bridgehead atoms. The Morgan fingerprint density at radius 3 is 2.88 bits per heavy atom. The van der Waals surface area contributed by atoms with Gasteiger partial charge in [-0.15, -0.1) is 0 Å². The lowest BCUT2D eigenvalue weighted by molar-refractivity contribution is -0.121. The summed E-state index contributed by atoms with van der Waals surface area (Å²) in [5, 5.41) is 16.7. The minimum atomic E-state index is -1.10. The van der Waals surface area contributed by atoms with Gasteiger partial charge in [-0.05, 0) is 62.3 Å². The number of benzene rings is 1. The van der Waals surface area contributed by atoms with Gasteiger partial charge in [-0.25, -0.2) is 9.18 Å². The fourth-order valence-electron chi connectivity index (χ4n) is 3.56. The Labute approximate surface area is 189 Å². The molecule has 0 spiro atoms. The van der Waals surface area contributed by atoms with Crippen molar-refractivity contribution in [2.45, 2.75) is 51.0 Å². The van der Waals surface area contributed by atoms with Crippen molar-refractivity contribution in [3.63, 3.8) is 0 Å². The topological polar surface area (TPSA) is 90.9 Å². The lowest BCUT2D eigenvalue weighted by atomic mass is 9.90. The number of halogens is 1. The molecule has 3 rings (SSSR count). The monoisotopic (exact) mass is 447 g/mol. The number of carbonyl (C=O) groups is 2. The third kappa shape index (κ3) is 7.03. The average Bonchev–Trinajstić information content (AvgIpc) is 3.60. The molecule has 1 aromatic carbocycles. The SMILES string of the molecule is CC[C@@](O)(CNCCC/C=C/CN1CCC(=O)NC1=O)c1ccc(F)c(OCC2CC2)c1. The average molecular weight is 448 g/mol. The highest BCUT2D eigenvalue weighted by molar-refractivity contribution is 5.96. The minimum absolute atomic E-state index is 0.207. The first-order valence-corrected chi connectivity index (χ1v) is 11.5. The summed E-state index contributed by atoms with van der Waals surface area (Å²) in [4.78, 5) is 24.4. The van der Waals surface area contributed by atoms with Gasteiger partial charge in [0, 0.05) is 26.1 Å². The van der Waals surface area contributed by atoms with E-state index in [9.17, 15) is 19.1 Å². The zero-order valence-electron chi connectivity index (χ0n) is 18.7. The van der Waals surface area contributed by atoms with Crippen molar-refractivity contribution in [1.82, 2.24) is 15.5 Å². The number of rotatable bonds is 13. The van der Waals surface area contributed by atoms with Crippen molar-refractivity contribution in [2.75, 3.05) is 32.8 Å². The van der Waals surface area contributed by atoms with Crippen LogP contribution < -0.4 is 15.4 Å². The van der Waals surface area contributed by atoms with Gasteiger partial charge in [0.25, 0.3) is 0 Å². The van der Waals surface area contributed by atoms with Gasteiger partial charge in [0.15, 0.2) is 11.6 Å². The zero-order chi connectivity index (χ0) is 23.0. The second kappa shape index (κ2) is 11.4. The Hall–Kier alpha value is -2.45. The molecule has 3 amide bonds. The van der Waals surface area contributed by atoms with Crippen molar-refractivity contribution in [3.05, 3.63) is 41.7 Å². The van der Waals surface area contributed by atoms with Gasteiger partial charge in [0.05, 0.1) is 6.61 Å². The molecule has 176 valence electrons. The molecule has 2 aliphatic rings. The summed E-state index contributed by atoms with van der Waals surface area (Å²) in [5.41, 5.74) is -0.446. The van der Waals surface area contributed by atoms with E-state index in [1.807, 2.05) is 19.1 Å². The number of carbonyl (C=O) groups excluding carboxylic acids is 2. The predicted molar refractivity (Wildman–Crippen MR) is 120 cm³/mol. The Morgan fingerprint density at radius 2 is 2.16 bits per heavy atom. The third-order valence-corrected chi connectivity index (χ3v) is 6.00. The maximum Gasteiger partial charge on any atom is 0.324 e. The molecule has 0 aromatic heterocycles. The zero-order valence-corrected chi connectivity index (χ0v) is 18.7. The van der Waals surface area contributed by atoms with E-state index in [0.29, 0.717) is 50.6 Å². The molecular weight excluding hydrogens is 413 g/mol. The first-order chi connectivity index (χ1) is 15.4. The van der Waals surface area contributed by atoms with Gasteiger partial charge in [-0.3, -0.25) is 10.1 Å². The van der Waals surface area contributed by atoms with Gasteiger partial charge in [-0.2, -0.15) is 0 Å². The normalized spacial score (nSPS) is 18.7. The van der Waals surface area contributed by atoms with E-state index in [0.717, 1.165) is 32.2 Å². The number of imide groups is 1. The summed E-state index contributed by atoms with van der Waals surface area (Å²) in [6.45, 7) is 4.45. The molecule has 1 aromatic rings. The van der Waals surface area contributed by atoms with Crippen LogP contribution in [0.2, 0.25) is 0 Å². The third-order valence-electron chi connectivity index (χ3n) is 6.00. The summed E-state index contributed by atoms with van der Waals surface area (Å²) >= 11 is 0.